The van der Waals surface area contributed by atoms with Gasteiger partial charge in [-0.25, -0.2) is 4.98 Å². The van der Waals surface area contributed by atoms with E-state index in [9.17, 15) is 0 Å². The fourth-order valence-corrected chi connectivity index (χ4v) is 3.63. The second-order valence-corrected chi connectivity index (χ2v) is 7.33. The third kappa shape index (κ3) is 4.30. The first-order valence-corrected chi connectivity index (χ1v) is 9.47. The zero-order valence-corrected chi connectivity index (χ0v) is 15.8. The summed E-state index contributed by atoms with van der Waals surface area (Å²) in [4.78, 5) is 6.03. The van der Waals surface area contributed by atoms with E-state index in [1.54, 1.807) is 17.6 Å². The molecule has 2 aromatic carbocycles. The Morgan fingerprint density at radius 2 is 1.88 bits per heavy atom. The minimum absolute atomic E-state index is 0.823. The van der Waals surface area contributed by atoms with Gasteiger partial charge < -0.3 is 0 Å². The molecule has 1 N–H and O–H groups in total. The molecule has 0 aliphatic rings. The highest BCUT2D eigenvalue weighted by molar-refractivity contribution is 9.10. The fraction of sp³-hybridized carbons (Fsp3) is 0.158. The molecule has 3 aromatic rings. The zero-order valence-electron chi connectivity index (χ0n) is 13.4. The Morgan fingerprint density at radius 3 is 2.58 bits per heavy atom. The maximum absolute atomic E-state index is 4.74. The smallest absolute Gasteiger partial charge is 0.204 e. The van der Waals surface area contributed by atoms with Crippen LogP contribution < -0.4 is 5.43 Å². The molecular weight excluding hydrogens is 382 g/mol. The number of hydrogen-bond acceptors (Lipinski definition) is 4. The van der Waals surface area contributed by atoms with Gasteiger partial charge in [0.25, 0.3) is 0 Å². The van der Waals surface area contributed by atoms with Crippen molar-refractivity contribution >= 4 is 38.6 Å². The largest absolute Gasteiger partial charge is 0.253 e. The van der Waals surface area contributed by atoms with Gasteiger partial charge in [-0.2, -0.15) is 5.10 Å². The van der Waals surface area contributed by atoms with E-state index < -0.39 is 0 Å². The number of halogens is 1. The molecule has 5 heteroatoms. The second kappa shape index (κ2) is 8.22. The van der Waals surface area contributed by atoms with Crippen molar-refractivity contribution in [1.82, 2.24) is 4.98 Å². The van der Waals surface area contributed by atoms with Gasteiger partial charge in [0, 0.05) is 14.9 Å². The minimum Gasteiger partial charge on any atom is -0.253 e. The van der Waals surface area contributed by atoms with E-state index >= 15 is 0 Å². The fourth-order valence-electron chi connectivity index (χ4n) is 2.33. The molecule has 0 fully saturated rings. The lowest BCUT2D eigenvalue weighted by Crippen LogP contribution is -1.90. The van der Waals surface area contributed by atoms with Crippen LogP contribution in [0.2, 0.25) is 0 Å². The quantitative estimate of drug-likeness (QED) is 0.409. The lowest BCUT2D eigenvalue weighted by Gasteiger charge is -2.01. The third-order valence-electron chi connectivity index (χ3n) is 3.47. The molecule has 0 unspecified atom stereocenters. The van der Waals surface area contributed by atoms with Crippen molar-refractivity contribution in [3.8, 4) is 11.3 Å². The maximum atomic E-state index is 4.74. The van der Waals surface area contributed by atoms with Crippen molar-refractivity contribution in [2.75, 3.05) is 5.43 Å². The average Bonchev–Trinajstić information content (AvgIpc) is 3.00. The number of aryl methyl sites for hydroxylation is 1. The van der Waals surface area contributed by atoms with Crippen LogP contribution in [0.3, 0.4) is 0 Å². The van der Waals surface area contributed by atoms with Crippen LogP contribution in [0.5, 0.6) is 0 Å². The predicted molar refractivity (Wildman–Crippen MR) is 107 cm³/mol. The first kappa shape index (κ1) is 16.9. The van der Waals surface area contributed by atoms with Crippen molar-refractivity contribution in [3.05, 3.63) is 69.5 Å². The lowest BCUT2D eigenvalue weighted by molar-refractivity contribution is 0.938. The van der Waals surface area contributed by atoms with Gasteiger partial charge >= 0.3 is 0 Å². The molecule has 0 radical (unpaired) electrons. The van der Waals surface area contributed by atoms with Gasteiger partial charge in [-0.1, -0.05) is 83.1 Å². The molecule has 24 heavy (non-hydrogen) atoms. The van der Waals surface area contributed by atoms with E-state index in [0.717, 1.165) is 39.3 Å². The number of hydrogen-bond donors (Lipinski definition) is 1. The summed E-state index contributed by atoms with van der Waals surface area (Å²) >= 11 is 5.15. The SMILES string of the molecule is CCCc1sc(NN=Cc2ccccc2)nc1-c1ccc(Br)cc1. The van der Waals surface area contributed by atoms with Crippen molar-refractivity contribution in [3.63, 3.8) is 0 Å². The number of nitrogens with zero attached hydrogens (tertiary/aromatic N) is 2. The van der Waals surface area contributed by atoms with Gasteiger partial charge in [-0.05, 0) is 24.1 Å². The van der Waals surface area contributed by atoms with Crippen LogP contribution in [0.4, 0.5) is 5.13 Å². The Balaban J connectivity index is 1.80. The van der Waals surface area contributed by atoms with Crippen LogP contribution in [-0.2, 0) is 6.42 Å². The Morgan fingerprint density at radius 1 is 1.12 bits per heavy atom. The predicted octanol–water partition coefficient (Wildman–Crippen LogP) is 5.97. The highest BCUT2D eigenvalue weighted by Gasteiger charge is 2.12. The molecule has 0 saturated carbocycles. The summed E-state index contributed by atoms with van der Waals surface area (Å²) in [6.45, 7) is 2.19. The molecule has 0 spiro atoms. The molecule has 0 bridgehead atoms. The zero-order chi connectivity index (χ0) is 16.8. The highest BCUT2D eigenvalue weighted by Crippen LogP contribution is 2.32. The second-order valence-electron chi connectivity index (χ2n) is 5.33. The number of benzene rings is 2. The van der Waals surface area contributed by atoms with E-state index in [2.05, 4.69) is 45.5 Å². The molecular formula is C19H18BrN3S. The molecule has 3 rings (SSSR count). The van der Waals surface area contributed by atoms with E-state index in [0.29, 0.717) is 0 Å². The molecule has 0 atom stereocenters. The first-order chi connectivity index (χ1) is 11.8. The molecule has 0 amide bonds. The minimum atomic E-state index is 0.823. The molecule has 3 nitrogen and oxygen atoms in total. The summed E-state index contributed by atoms with van der Waals surface area (Å²) in [5, 5.41) is 5.12. The molecule has 1 heterocycles. The van der Waals surface area contributed by atoms with Crippen LogP contribution in [0.1, 0.15) is 23.8 Å². The van der Waals surface area contributed by atoms with Gasteiger partial charge in [0.05, 0.1) is 11.9 Å². The van der Waals surface area contributed by atoms with Crippen molar-refractivity contribution in [2.45, 2.75) is 19.8 Å². The lowest BCUT2D eigenvalue weighted by atomic mass is 10.1. The van der Waals surface area contributed by atoms with E-state index in [4.69, 9.17) is 4.98 Å². The summed E-state index contributed by atoms with van der Waals surface area (Å²) in [5.41, 5.74) is 6.30. The van der Waals surface area contributed by atoms with Gasteiger partial charge in [0.1, 0.15) is 0 Å². The van der Waals surface area contributed by atoms with Crippen LogP contribution in [0.25, 0.3) is 11.3 Å². The number of anilines is 1. The van der Waals surface area contributed by atoms with Crippen molar-refractivity contribution in [1.29, 1.82) is 0 Å². The standard InChI is InChI=1S/C19H18BrN3S/c1-2-6-17-18(15-9-11-16(20)12-10-15)22-19(24-17)23-21-13-14-7-4-3-5-8-14/h3-5,7-13H,2,6H2,1H3,(H,22,23). The van der Waals surface area contributed by atoms with Crippen LogP contribution in [-0.4, -0.2) is 11.2 Å². The molecule has 0 aliphatic carbocycles. The average molecular weight is 400 g/mol. The van der Waals surface area contributed by atoms with Crippen LogP contribution in [0.15, 0.2) is 64.2 Å². The van der Waals surface area contributed by atoms with Crippen molar-refractivity contribution in [2.24, 2.45) is 5.10 Å². The van der Waals surface area contributed by atoms with Crippen LogP contribution >= 0.6 is 27.3 Å². The Hall–Kier alpha value is -1.98. The third-order valence-corrected chi connectivity index (χ3v) is 5.01. The summed E-state index contributed by atoms with van der Waals surface area (Å²) < 4.78 is 1.07. The summed E-state index contributed by atoms with van der Waals surface area (Å²) in [7, 11) is 0. The highest BCUT2D eigenvalue weighted by atomic mass is 79.9. The van der Waals surface area contributed by atoms with Gasteiger partial charge in [0.2, 0.25) is 5.13 Å². The number of rotatable bonds is 6. The number of hydrazone groups is 1. The first-order valence-electron chi connectivity index (χ1n) is 7.86. The maximum Gasteiger partial charge on any atom is 0.204 e. The summed E-state index contributed by atoms with van der Waals surface area (Å²) in [6, 6.07) is 18.3. The molecule has 1 aromatic heterocycles. The topological polar surface area (TPSA) is 37.3 Å². The normalized spacial score (nSPS) is 11.1. The summed E-state index contributed by atoms with van der Waals surface area (Å²) in [6.07, 6.45) is 3.92. The number of aromatic nitrogens is 1. The van der Waals surface area contributed by atoms with Gasteiger partial charge in [0.15, 0.2) is 0 Å². The molecule has 0 aliphatic heterocycles. The van der Waals surface area contributed by atoms with E-state index in [-0.39, 0.29) is 0 Å². The van der Waals surface area contributed by atoms with E-state index in [1.165, 1.54) is 4.88 Å². The Kier molecular flexibility index (Phi) is 5.77. The van der Waals surface area contributed by atoms with Gasteiger partial charge in [-0.15, -0.1) is 0 Å². The monoisotopic (exact) mass is 399 g/mol. The molecule has 122 valence electrons. The molecule has 0 saturated heterocycles. The number of thiazole rings is 1. The van der Waals surface area contributed by atoms with E-state index in [1.807, 2.05) is 42.5 Å². The number of nitrogens with one attached hydrogen (secondary N) is 1. The Bertz CT molecular complexity index is 810. The summed E-state index contributed by atoms with van der Waals surface area (Å²) in [5.74, 6) is 0. The Labute approximate surface area is 154 Å². The van der Waals surface area contributed by atoms with Crippen molar-refractivity contribution < 1.29 is 0 Å². The van der Waals surface area contributed by atoms with Gasteiger partial charge in [-0.3, -0.25) is 5.43 Å². The van der Waals surface area contributed by atoms with Crippen LogP contribution in [0, 0.1) is 0 Å².